The van der Waals surface area contributed by atoms with Crippen molar-refractivity contribution in [3.8, 4) is 10.6 Å². The highest BCUT2D eigenvalue weighted by Crippen LogP contribution is 2.28. The molecule has 0 radical (unpaired) electrons. The average Bonchev–Trinajstić information content (AvgIpc) is 3.36. The number of hydrogen-bond donors (Lipinski definition) is 3. The summed E-state index contributed by atoms with van der Waals surface area (Å²) in [6.45, 7) is 0. The summed E-state index contributed by atoms with van der Waals surface area (Å²) in [5.41, 5.74) is 1.72. The van der Waals surface area contributed by atoms with Crippen LogP contribution in [0.3, 0.4) is 0 Å². The summed E-state index contributed by atoms with van der Waals surface area (Å²) >= 11 is 1.56. The highest BCUT2D eigenvalue weighted by molar-refractivity contribution is 7.92. The summed E-state index contributed by atoms with van der Waals surface area (Å²) in [7, 11) is -3.22. The molecule has 3 atom stereocenters. The Morgan fingerprint density at radius 3 is 2.72 bits per heavy atom. The second-order valence-electron chi connectivity index (χ2n) is 7.33. The van der Waals surface area contributed by atoms with Crippen LogP contribution in [-0.4, -0.2) is 48.4 Å². The number of carbonyl (C=O) groups is 2. The topological polar surface area (TPSA) is 117 Å². The first kappa shape index (κ1) is 19.8. The van der Waals surface area contributed by atoms with Gasteiger partial charge < -0.3 is 16.0 Å². The van der Waals surface area contributed by atoms with Gasteiger partial charge in [-0.3, -0.25) is 4.79 Å². The van der Waals surface area contributed by atoms with Crippen LogP contribution in [0.15, 0.2) is 35.8 Å². The van der Waals surface area contributed by atoms with Crippen LogP contribution in [0, 0.1) is 0 Å². The van der Waals surface area contributed by atoms with E-state index in [2.05, 4.69) is 20.9 Å². The van der Waals surface area contributed by atoms with Gasteiger partial charge in [-0.1, -0.05) is 6.42 Å². The molecule has 2 aliphatic rings. The summed E-state index contributed by atoms with van der Waals surface area (Å²) in [4.78, 5) is 27.8. The van der Waals surface area contributed by atoms with Gasteiger partial charge >= 0.3 is 6.03 Å². The first-order chi connectivity index (χ1) is 13.9. The van der Waals surface area contributed by atoms with E-state index in [0.717, 1.165) is 16.3 Å². The zero-order valence-corrected chi connectivity index (χ0v) is 17.3. The van der Waals surface area contributed by atoms with E-state index in [-0.39, 0.29) is 29.8 Å². The second kappa shape index (κ2) is 8.11. The minimum atomic E-state index is -3.22. The number of carbonyl (C=O) groups excluding carboxylic acids is 2. The Morgan fingerprint density at radius 2 is 2.00 bits per heavy atom. The lowest BCUT2D eigenvalue weighted by molar-refractivity contribution is -0.116. The van der Waals surface area contributed by atoms with Gasteiger partial charge in [-0.2, -0.15) is 0 Å². The average molecular weight is 435 g/mol. The van der Waals surface area contributed by atoms with Crippen molar-refractivity contribution in [3.63, 3.8) is 0 Å². The lowest BCUT2D eigenvalue weighted by Gasteiger charge is -2.16. The SMILES string of the molecule is O=C(CCCCC1C2NC(=O)NC2CS1(=O)=O)Nc1ccc(-c2nccs2)cc1. The monoisotopic (exact) mass is 434 g/mol. The molecular formula is C19H22N4O4S2. The first-order valence-electron chi connectivity index (χ1n) is 9.51. The summed E-state index contributed by atoms with van der Waals surface area (Å²) < 4.78 is 24.6. The van der Waals surface area contributed by atoms with Gasteiger partial charge in [0.2, 0.25) is 5.91 Å². The number of benzene rings is 1. The fourth-order valence-electron chi connectivity index (χ4n) is 3.92. The standard InChI is InChI=1S/C19H22N4O4S2/c24-16(21-13-7-5-12(6-8-13)18-20-9-10-28-18)4-2-1-3-15-17-14(11-29(15,26)27)22-19(25)23-17/h5-10,14-15,17H,1-4,11H2,(H,21,24)(H2,22,23,25). The Balaban J connectivity index is 1.23. The van der Waals surface area contributed by atoms with Crippen LogP contribution in [0.1, 0.15) is 25.7 Å². The van der Waals surface area contributed by atoms with Crippen molar-refractivity contribution in [1.82, 2.24) is 15.6 Å². The van der Waals surface area contributed by atoms with Crippen LogP contribution in [0.4, 0.5) is 10.5 Å². The van der Waals surface area contributed by atoms with E-state index in [1.54, 1.807) is 17.5 Å². The van der Waals surface area contributed by atoms with Crippen molar-refractivity contribution in [2.75, 3.05) is 11.1 Å². The largest absolute Gasteiger partial charge is 0.332 e. The predicted molar refractivity (Wildman–Crippen MR) is 111 cm³/mol. The molecule has 0 aliphatic carbocycles. The number of nitrogens with zero attached hydrogens (tertiary/aromatic N) is 1. The van der Waals surface area contributed by atoms with Gasteiger partial charge in [0, 0.05) is 29.2 Å². The molecule has 1 aromatic heterocycles. The molecule has 29 heavy (non-hydrogen) atoms. The van der Waals surface area contributed by atoms with Gasteiger partial charge in [-0.05, 0) is 37.1 Å². The van der Waals surface area contributed by atoms with Gasteiger partial charge in [-0.15, -0.1) is 11.3 Å². The fraction of sp³-hybridized carbons (Fsp3) is 0.421. The van der Waals surface area contributed by atoms with Gasteiger partial charge in [0.05, 0.1) is 23.1 Å². The number of thiazole rings is 1. The number of aromatic nitrogens is 1. The smallest absolute Gasteiger partial charge is 0.315 e. The van der Waals surface area contributed by atoms with Gasteiger partial charge in [0.15, 0.2) is 9.84 Å². The van der Waals surface area contributed by atoms with Crippen molar-refractivity contribution in [2.24, 2.45) is 0 Å². The third-order valence-corrected chi connectivity index (χ3v) is 8.41. The highest BCUT2D eigenvalue weighted by atomic mass is 32.2. The van der Waals surface area contributed by atoms with Gasteiger partial charge in [0.25, 0.3) is 0 Å². The summed E-state index contributed by atoms with van der Waals surface area (Å²) in [6.07, 6.45) is 3.72. The summed E-state index contributed by atoms with van der Waals surface area (Å²) in [5.74, 6) is -0.117. The van der Waals surface area contributed by atoms with Crippen molar-refractivity contribution in [3.05, 3.63) is 35.8 Å². The molecule has 10 heteroatoms. The third-order valence-electron chi connectivity index (χ3n) is 5.31. The molecule has 3 unspecified atom stereocenters. The molecule has 3 N–H and O–H groups in total. The van der Waals surface area contributed by atoms with Crippen molar-refractivity contribution in [1.29, 1.82) is 0 Å². The van der Waals surface area contributed by atoms with E-state index in [4.69, 9.17) is 0 Å². The van der Waals surface area contributed by atoms with Crippen LogP contribution in [0.5, 0.6) is 0 Å². The zero-order valence-electron chi connectivity index (χ0n) is 15.6. The van der Waals surface area contributed by atoms with E-state index >= 15 is 0 Å². The molecule has 2 fully saturated rings. The van der Waals surface area contributed by atoms with E-state index in [9.17, 15) is 18.0 Å². The molecule has 154 valence electrons. The van der Waals surface area contributed by atoms with Crippen molar-refractivity contribution < 1.29 is 18.0 Å². The molecule has 0 spiro atoms. The lowest BCUT2D eigenvalue weighted by Crippen LogP contribution is -2.39. The number of rotatable bonds is 7. The van der Waals surface area contributed by atoms with E-state index in [1.807, 2.05) is 29.6 Å². The Morgan fingerprint density at radius 1 is 1.21 bits per heavy atom. The predicted octanol–water partition coefficient (Wildman–Crippen LogP) is 2.16. The molecule has 3 heterocycles. The van der Waals surface area contributed by atoms with E-state index in [0.29, 0.717) is 25.7 Å². The molecule has 2 aromatic rings. The number of amides is 3. The van der Waals surface area contributed by atoms with Gasteiger partial charge in [0.1, 0.15) is 5.01 Å². The first-order valence-corrected chi connectivity index (χ1v) is 12.1. The maximum absolute atomic E-state index is 12.3. The van der Waals surface area contributed by atoms with Crippen LogP contribution < -0.4 is 16.0 Å². The zero-order chi connectivity index (χ0) is 20.4. The van der Waals surface area contributed by atoms with Crippen LogP contribution in [-0.2, 0) is 14.6 Å². The van der Waals surface area contributed by atoms with Crippen LogP contribution >= 0.6 is 11.3 Å². The van der Waals surface area contributed by atoms with Gasteiger partial charge in [-0.25, -0.2) is 18.2 Å². The summed E-state index contributed by atoms with van der Waals surface area (Å²) in [5, 5.41) is 10.5. The third kappa shape index (κ3) is 4.43. The Kier molecular flexibility index (Phi) is 5.55. The number of nitrogens with one attached hydrogen (secondary N) is 3. The second-order valence-corrected chi connectivity index (χ2v) is 10.5. The molecule has 1 aromatic carbocycles. The van der Waals surface area contributed by atoms with E-state index in [1.165, 1.54) is 0 Å². The fourth-order valence-corrected chi connectivity index (χ4v) is 6.84. The number of sulfone groups is 1. The Labute approximate surface area is 173 Å². The molecule has 0 saturated carbocycles. The van der Waals surface area contributed by atoms with E-state index < -0.39 is 15.1 Å². The lowest BCUT2D eigenvalue weighted by atomic mass is 10.0. The molecule has 4 rings (SSSR count). The number of unbranched alkanes of at least 4 members (excludes halogenated alkanes) is 1. The van der Waals surface area contributed by atoms with Crippen LogP contribution in [0.25, 0.3) is 10.6 Å². The maximum Gasteiger partial charge on any atom is 0.315 e. The minimum absolute atomic E-state index is 0.0153. The molecular weight excluding hydrogens is 412 g/mol. The maximum atomic E-state index is 12.3. The quantitative estimate of drug-likeness (QED) is 0.456. The Hall–Kier alpha value is -2.46. The molecule has 0 bridgehead atoms. The molecule has 8 nitrogen and oxygen atoms in total. The number of fused-ring (bicyclic) bond motifs is 1. The van der Waals surface area contributed by atoms with Crippen LogP contribution in [0.2, 0.25) is 0 Å². The number of hydrogen-bond acceptors (Lipinski definition) is 6. The molecule has 2 aliphatic heterocycles. The minimum Gasteiger partial charge on any atom is -0.332 e. The normalized spacial score (nSPS) is 24.6. The summed E-state index contributed by atoms with van der Waals surface area (Å²) in [6, 6.07) is 6.51. The van der Waals surface area contributed by atoms with Crippen molar-refractivity contribution >= 4 is 38.8 Å². The number of anilines is 1. The van der Waals surface area contributed by atoms with Crippen molar-refractivity contribution in [2.45, 2.75) is 43.0 Å². The Bertz CT molecular complexity index is 990. The highest BCUT2D eigenvalue weighted by Gasteiger charge is 2.51. The molecule has 3 amide bonds. The number of urea groups is 1. The molecule has 2 saturated heterocycles.